The zero-order chi connectivity index (χ0) is 18.9. The van der Waals surface area contributed by atoms with Crippen molar-refractivity contribution in [3.8, 4) is 0 Å². The topological polar surface area (TPSA) is 131 Å². The number of carbonyl (C=O) groups excluding carboxylic acids is 2. The van der Waals surface area contributed by atoms with Gasteiger partial charge in [-0.3, -0.25) is 19.7 Å². The molecule has 0 aliphatic carbocycles. The minimum atomic E-state index is -0.483. The van der Waals surface area contributed by atoms with Crippen molar-refractivity contribution < 1.29 is 14.5 Å². The van der Waals surface area contributed by atoms with E-state index in [9.17, 15) is 19.7 Å². The minimum Gasteiger partial charge on any atom is -0.371 e. The lowest BCUT2D eigenvalue weighted by molar-refractivity contribution is -0.383. The van der Waals surface area contributed by atoms with Gasteiger partial charge in [-0.05, 0) is 25.3 Å². The molecule has 142 valence electrons. The Kier molecular flexibility index (Phi) is 7.34. The maximum absolute atomic E-state index is 12.6. The molecule has 1 aromatic carbocycles. The van der Waals surface area contributed by atoms with Crippen LogP contribution in [0.1, 0.15) is 25.7 Å². The van der Waals surface area contributed by atoms with Crippen LogP contribution in [-0.4, -0.2) is 53.9 Å². The second-order valence-corrected chi connectivity index (χ2v) is 6.21. The third-order valence-electron chi connectivity index (χ3n) is 4.38. The zero-order valence-electron chi connectivity index (χ0n) is 14.6. The van der Waals surface area contributed by atoms with Gasteiger partial charge in [0.2, 0.25) is 11.8 Å². The normalized spacial score (nSPS) is 16.8. The van der Waals surface area contributed by atoms with Crippen LogP contribution in [0, 0.1) is 10.1 Å². The molecule has 1 aliphatic heterocycles. The van der Waals surface area contributed by atoms with Gasteiger partial charge in [0.25, 0.3) is 5.69 Å². The fourth-order valence-corrected chi connectivity index (χ4v) is 3.05. The number of anilines is 1. The number of nitrogens with two attached hydrogens (primary N) is 1. The van der Waals surface area contributed by atoms with Gasteiger partial charge in [0.1, 0.15) is 5.69 Å². The van der Waals surface area contributed by atoms with Crippen LogP contribution < -0.4 is 16.4 Å². The number of piperidine rings is 1. The molecule has 1 atom stereocenters. The highest BCUT2D eigenvalue weighted by molar-refractivity contribution is 5.82. The summed E-state index contributed by atoms with van der Waals surface area (Å²) in [5.41, 5.74) is 5.61. The fraction of sp³-hybridized carbons (Fsp3) is 0.529. The Morgan fingerprint density at radius 1 is 1.31 bits per heavy atom. The van der Waals surface area contributed by atoms with Crippen molar-refractivity contribution >= 4 is 23.2 Å². The summed E-state index contributed by atoms with van der Waals surface area (Å²) in [6, 6.07) is 6.16. The molecule has 4 N–H and O–H groups in total. The van der Waals surface area contributed by atoms with Crippen molar-refractivity contribution in [2.75, 3.05) is 31.5 Å². The molecule has 0 bridgehead atoms. The highest BCUT2D eigenvalue weighted by atomic mass is 16.6. The molecule has 2 rings (SSSR count). The number of para-hydroxylation sites is 2. The summed E-state index contributed by atoms with van der Waals surface area (Å²) in [7, 11) is 0. The van der Waals surface area contributed by atoms with E-state index in [1.807, 2.05) is 0 Å². The zero-order valence-corrected chi connectivity index (χ0v) is 14.6. The maximum atomic E-state index is 12.6. The van der Waals surface area contributed by atoms with E-state index in [1.54, 1.807) is 23.1 Å². The molecule has 1 fully saturated rings. The number of benzene rings is 1. The van der Waals surface area contributed by atoms with Crippen LogP contribution in [0.5, 0.6) is 0 Å². The summed E-state index contributed by atoms with van der Waals surface area (Å²) >= 11 is 0. The van der Waals surface area contributed by atoms with Crippen LogP contribution in [0.2, 0.25) is 0 Å². The summed E-state index contributed by atoms with van der Waals surface area (Å²) in [4.78, 5) is 36.5. The first kappa shape index (κ1) is 19.6. The Balaban J connectivity index is 1.94. The average Bonchev–Trinajstić information content (AvgIpc) is 2.65. The standard InChI is InChI=1S/C17H25N5O4/c18-9-8-16(23)20-11-13-5-3-4-10-21(13)17(24)12-19-14-6-1-2-7-15(14)22(25)26/h1-2,6-7,13,19H,3-5,8-12,18H2,(H,20,23). The minimum absolute atomic E-state index is 0.0297. The number of likely N-dealkylation sites (tertiary alicyclic amines) is 1. The molecule has 1 heterocycles. The molecule has 26 heavy (non-hydrogen) atoms. The lowest BCUT2D eigenvalue weighted by Gasteiger charge is -2.36. The fourth-order valence-electron chi connectivity index (χ4n) is 3.05. The summed E-state index contributed by atoms with van der Waals surface area (Å²) < 4.78 is 0. The van der Waals surface area contributed by atoms with Crippen molar-refractivity contribution in [1.29, 1.82) is 0 Å². The Hall–Kier alpha value is -2.68. The number of hydrogen-bond donors (Lipinski definition) is 3. The van der Waals surface area contributed by atoms with Crippen molar-refractivity contribution in [2.24, 2.45) is 5.73 Å². The van der Waals surface area contributed by atoms with Crippen molar-refractivity contribution in [2.45, 2.75) is 31.7 Å². The molecule has 1 unspecified atom stereocenters. The summed E-state index contributed by atoms with van der Waals surface area (Å²) in [5, 5.41) is 16.7. The first-order chi connectivity index (χ1) is 12.5. The van der Waals surface area contributed by atoms with Gasteiger partial charge in [-0.2, -0.15) is 0 Å². The number of nitrogens with one attached hydrogen (secondary N) is 2. The van der Waals surface area contributed by atoms with Gasteiger partial charge in [0, 0.05) is 38.2 Å². The monoisotopic (exact) mass is 363 g/mol. The Bertz CT molecular complexity index is 652. The van der Waals surface area contributed by atoms with Crippen LogP contribution in [0.4, 0.5) is 11.4 Å². The molecule has 1 aromatic rings. The molecule has 1 saturated heterocycles. The lowest BCUT2D eigenvalue weighted by atomic mass is 10.0. The third kappa shape index (κ3) is 5.41. The highest BCUT2D eigenvalue weighted by Gasteiger charge is 2.27. The summed E-state index contributed by atoms with van der Waals surface area (Å²) in [5.74, 6) is -0.260. The van der Waals surface area contributed by atoms with Gasteiger partial charge in [-0.25, -0.2) is 0 Å². The molecule has 2 amide bonds. The number of nitro groups is 1. The van der Waals surface area contributed by atoms with Crippen LogP contribution >= 0.6 is 0 Å². The lowest BCUT2D eigenvalue weighted by Crippen LogP contribution is -2.51. The van der Waals surface area contributed by atoms with Gasteiger partial charge in [0.05, 0.1) is 11.5 Å². The molecular weight excluding hydrogens is 338 g/mol. The number of nitrogens with zero attached hydrogens (tertiary/aromatic N) is 2. The van der Waals surface area contributed by atoms with E-state index < -0.39 is 4.92 Å². The van der Waals surface area contributed by atoms with Crippen LogP contribution in [-0.2, 0) is 9.59 Å². The molecule has 0 radical (unpaired) electrons. The summed E-state index contributed by atoms with van der Waals surface area (Å²) in [6.07, 6.45) is 2.99. The number of nitro benzene ring substituents is 1. The largest absolute Gasteiger partial charge is 0.371 e. The first-order valence-electron chi connectivity index (χ1n) is 8.76. The predicted molar refractivity (Wildman–Crippen MR) is 97.6 cm³/mol. The van der Waals surface area contributed by atoms with E-state index in [1.165, 1.54) is 6.07 Å². The average molecular weight is 363 g/mol. The Labute approximate surface area is 152 Å². The van der Waals surface area contributed by atoms with E-state index in [-0.39, 0.29) is 36.5 Å². The quantitative estimate of drug-likeness (QED) is 0.464. The third-order valence-corrected chi connectivity index (χ3v) is 4.38. The molecule has 0 spiro atoms. The number of hydrogen-bond acceptors (Lipinski definition) is 6. The van der Waals surface area contributed by atoms with Gasteiger partial charge in [-0.1, -0.05) is 12.1 Å². The van der Waals surface area contributed by atoms with Gasteiger partial charge >= 0.3 is 0 Å². The van der Waals surface area contributed by atoms with Crippen molar-refractivity contribution in [3.05, 3.63) is 34.4 Å². The van der Waals surface area contributed by atoms with Crippen LogP contribution in [0.15, 0.2) is 24.3 Å². The molecular formula is C17H25N5O4. The first-order valence-corrected chi connectivity index (χ1v) is 8.76. The Morgan fingerprint density at radius 2 is 2.08 bits per heavy atom. The van der Waals surface area contributed by atoms with E-state index in [0.717, 1.165) is 19.3 Å². The highest BCUT2D eigenvalue weighted by Crippen LogP contribution is 2.23. The van der Waals surface area contributed by atoms with Crippen molar-refractivity contribution in [3.63, 3.8) is 0 Å². The van der Waals surface area contributed by atoms with E-state index in [2.05, 4.69) is 10.6 Å². The van der Waals surface area contributed by atoms with Crippen LogP contribution in [0.25, 0.3) is 0 Å². The van der Waals surface area contributed by atoms with E-state index >= 15 is 0 Å². The second-order valence-electron chi connectivity index (χ2n) is 6.21. The Morgan fingerprint density at radius 3 is 2.81 bits per heavy atom. The number of amides is 2. The molecule has 1 aliphatic rings. The number of rotatable bonds is 8. The SMILES string of the molecule is NCCC(=O)NCC1CCCCN1C(=O)CNc1ccccc1[N+](=O)[O-]. The van der Waals surface area contributed by atoms with Crippen LogP contribution in [0.3, 0.4) is 0 Å². The number of carbonyl (C=O) groups is 2. The van der Waals surface area contributed by atoms with Crippen molar-refractivity contribution in [1.82, 2.24) is 10.2 Å². The maximum Gasteiger partial charge on any atom is 0.292 e. The van der Waals surface area contributed by atoms with E-state index in [4.69, 9.17) is 5.73 Å². The van der Waals surface area contributed by atoms with Gasteiger partial charge in [0.15, 0.2) is 0 Å². The predicted octanol–water partition coefficient (Wildman–Crippen LogP) is 0.853. The molecule has 9 nitrogen and oxygen atoms in total. The van der Waals surface area contributed by atoms with E-state index in [0.29, 0.717) is 25.3 Å². The van der Waals surface area contributed by atoms with Gasteiger partial charge in [-0.15, -0.1) is 0 Å². The van der Waals surface area contributed by atoms with Gasteiger partial charge < -0.3 is 21.3 Å². The molecule has 0 aromatic heterocycles. The smallest absolute Gasteiger partial charge is 0.292 e. The second kappa shape index (κ2) is 9.71. The molecule has 0 saturated carbocycles. The molecule has 9 heteroatoms. The summed E-state index contributed by atoms with van der Waals surface area (Å²) in [6.45, 7) is 1.28.